The molecule has 292 valence electrons. The molecule has 2 aromatic carbocycles. The second kappa shape index (κ2) is 14.4. The average molecular weight is 775 g/mol. The Morgan fingerprint density at radius 2 is 0.943 bits per heavy atom. The molecule has 0 saturated heterocycles. The summed E-state index contributed by atoms with van der Waals surface area (Å²) in [5, 5.41) is 6.69. The molecule has 0 atom stereocenters. The number of sulfonamides is 1. The first-order valence-electron chi connectivity index (χ1n) is 16.2. The van der Waals surface area contributed by atoms with Gasteiger partial charge < -0.3 is 13.9 Å². The van der Waals surface area contributed by atoms with E-state index in [1.54, 1.807) is 70.7 Å². The maximum atomic E-state index is 13.0. The van der Waals surface area contributed by atoms with E-state index in [-0.39, 0.29) is 23.1 Å². The number of rotatable bonds is 5. The van der Waals surface area contributed by atoms with E-state index in [9.17, 15) is 39.6 Å². The SMILES string of the molecule is CC(C)(C)C(=O)N(c1ccc(-c2noc(C(F)(F)F)n2)cc1)C(C)(C)C.CC(C)(C)N(c1ccc(-c2noc(C(F)(F)F)n2)cc1)S(=O)(=O)C(C)(C)C. The Balaban J connectivity index is 0.000000286. The van der Waals surface area contributed by atoms with Gasteiger partial charge in [0.15, 0.2) is 0 Å². The van der Waals surface area contributed by atoms with Gasteiger partial charge in [0.25, 0.3) is 0 Å². The monoisotopic (exact) mass is 774 g/mol. The summed E-state index contributed by atoms with van der Waals surface area (Å²) in [5.41, 5.74) is -0.127. The van der Waals surface area contributed by atoms with Crippen LogP contribution < -0.4 is 9.21 Å². The van der Waals surface area contributed by atoms with Gasteiger partial charge in [-0.1, -0.05) is 31.1 Å². The topological polar surface area (TPSA) is 136 Å². The van der Waals surface area contributed by atoms with Crippen molar-refractivity contribution in [3.63, 3.8) is 0 Å². The van der Waals surface area contributed by atoms with Crippen molar-refractivity contribution in [2.24, 2.45) is 5.41 Å². The van der Waals surface area contributed by atoms with E-state index in [0.717, 1.165) is 0 Å². The van der Waals surface area contributed by atoms with E-state index < -0.39 is 55.4 Å². The van der Waals surface area contributed by atoms with E-state index in [1.165, 1.54) is 28.6 Å². The second-order valence-corrected chi connectivity index (χ2v) is 18.6. The first kappa shape index (κ1) is 42.9. The summed E-state index contributed by atoms with van der Waals surface area (Å²) in [6.45, 7) is 21.4. The Kier molecular flexibility index (Phi) is 11.7. The highest BCUT2D eigenvalue weighted by Gasteiger charge is 2.42. The Morgan fingerprint density at radius 1 is 0.585 bits per heavy atom. The molecule has 0 aliphatic rings. The van der Waals surface area contributed by atoms with Crippen molar-refractivity contribution in [3.05, 3.63) is 60.3 Å². The second-order valence-electron chi connectivity index (χ2n) is 16.0. The summed E-state index contributed by atoms with van der Waals surface area (Å²) in [7, 11) is -3.71. The molecule has 0 fully saturated rings. The fraction of sp³-hybridized carbons (Fsp3) is 0.514. The van der Waals surface area contributed by atoms with E-state index in [2.05, 4.69) is 29.3 Å². The quantitative estimate of drug-likeness (QED) is 0.182. The Labute approximate surface area is 304 Å². The first-order valence-corrected chi connectivity index (χ1v) is 17.6. The summed E-state index contributed by atoms with van der Waals surface area (Å²) in [5.74, 6) is -3.27. The molecule has 2 heterocycles. The smallest absolute Gasteiger partial charge is 0.329 e. The highest BCUT2D eigenvalue weighted by molar-refractivity contribution is 7.94. The van der Waals surface area contributed by atoms with Gasteiger partial charge in [-0.2, -0.15) is 36.3 Å². The zero-order chi connectivity index (χ0) is 40.8. The molecule has 4 aromatic rings. The Bertz CT molecular complexity index is 1980. The number of hydrogen-bond donors (Lipinski definition) is 0. The lowest BCUT2D eigenvalue weighted by Gasteiger charge is -2.40. The molecular weight excluding hydrogens is 730 g/mol. The number of anilines is 2. The lowest BCUT2D eigenvalue weighted by atomic mass is 9.91. The lowest BCUT2D eigenvalue weighted by molar-refractivity contribution is -0.160. The zero-order valence-corrected chi connectivity index (χ0v) is 32.3. The maximum Gasteiger partial charge on any atom is 0.471 e. The van der Waals surface area contributed by atoms with Gasteiger partial charge in [-0.05, 0) is 111 Å². The highest BCUT2D eigenvalue weighted by Crippen LogP contribution is 2.36. The molecule has 18 heteroatoms. The standard InChI is InChI=1S/C18H22F3N3O2.C17H22F3N3O3S/c1-16(2,3)15(25)24(17(4,5)6)12-9-7-11(8-10-12)13-22-14(26-23-13)18(19,20)21;1-15(2,3)23(27(24,25)16(4,5)6)12-9-7-11(8-10-12)13-21-14(26-22-13)17(18,19)20/h7-10H,1-6H3;7-10H,1-6H3. The summed E-state index contributed by atoms with van der Waals surface area (Å²) < 4.78 is 110. The van der Waals surface area contributed by atoms with Crippen LogP contribution >= 0.6 is 0 Å². The molecule has 1 amide bonds. The summed E-state index contributed by atoms with van der Waals surface area (Å²) in [6.07, 6.45) is -9.41. The first-order chi connectivity index (χ1) is 23.8. The van der Waals surface area contributed by atoms with E-state index in [4.69, 9.17) is 0 Å². The van der Waals surface area contributed by atoms with Crippen molar-refractivity contribution >= 4 is 27.3 Å². The number of amides is 1. The van der Waals surface area contributed by atoms with Gasteiger partial charge in [-0.3, -0.25) is 9.10 Å². The van der Waals surface area contributed by atoms with Gasteiger partial charge in [0.2, 0.25) is 27.6 Å². The molecule has 0 spiro atoms. The number of benzene rings is 2. The average Bonchev–Trinajstić information content (AvgIpc) is 3.67. The van der Waals surface area contributed by atoms with Crippen molar-refractivity contribution in [2.45, 2.75) is 111 Å². The van der Waals surface area contributed by atoms with Gasteiger partial charge in [0.05, 0.1) is 10.4 Å². The minimum Gasteiger partial charge on any atom is -0.329 e. The number of aromatic nitrogens is 4. The van der Waals surface area contributed by atoms with E-state index >= 15 is 0 Å². The fourth-order valence-electron chi connectivity index (χ4n) is 4.72. The van der Waals surface area contributed by atoms with Crippen molar-refractivity contribution in [1.82, 2.24) is 20.3 Å². The van der Waals surface area contributed by atoms with Gasteiger partial charge in [0, 0.05) is 33.3 Å². The Morgan fingerprint density at radius 3 is 1.21 bits per heavy atom. The van der Waals surface area contributed by atoms with Crippen LogP contribution in [0.1, 0.15) is 94.9 Å². The molecule has 0 N–H and O–H groups in total. The minimum atomic E-state index is -4.73. The Hall–Kier alpha value is -4.48. The van der Waals surface area contributed by atoms with Gasteiger partial charge in [-0.25, -0.2) is 8.42 Å². The van der Waals surface area contributed by atoms with E-state index in [1.807, 2.05) is 41.5 Å². The van der Waals surface area contributed by atoms with Crippen LogP contribution in [0.5, 0.6) is 0 Å². The summed E-state index contributed by atoms with van der Waals surface area (Å²) in [4.78, 5) is 21.2. The van der Waals surface area contributed by atoms with Crippen LogP contribution in [0.15, 0.2) is 57.6 Å². The number of hydrogen-bond acceptors (Lipinski definition) is 9. The highest BCUT2D eigenvalue weighted by atomic mass is 32.2. The van der Waals surface area contributed by atoms with Crippen LogP contribution in [0.4, 0.5) is 37.7 Å². The predicted octanol–water partition coefficient (Wildman–Crippen LogP) is 9.42. The zero-order valence-electron chi connectivity index (χ0n) is 31.5. The molecule has 53 heavy (non-hydrogen) atoms. The van der Waals surface area contributed by atoms with Crippen molar-refractivity contribution in [1.29, 1.82) is 0 Å². The number of halogens is 6. The molecule has 2 aromatic heterocycles. The van der Waals surface area contributed by atoms with Crippen molar-refractivity contribution in [3.8, 4) is 22.8 Å². The lowest BCUT2D eigenvalue weighted by Crippen LogP contribution is -2.52. The molecule has 11 nitrogen and oxygen atoms in total. The van der Waals surface area contributed by atoms with Crippen LogP contribution in [-0.2, 0) is 27.2 Å². The molecule has 0 saturated carbocycles. The van der Waals surface area contributed by atoms with Crippen LogP contribution in [0.25, 0.3) is 22.8 Å². The predicted molar refractivity (Wildman–Crippen MR) is 187 cm³/mol. The van der Waals surface area contributed by atoms with Crippen molar-refractivity contribution < 1.29 is 48.6 Å². The number of nitrogens with zero attached hydrogens (tertiary/aromatic N) is 6. The number of alkyl halides is 6. The third kappa shape index (κ3) is 10.1. The largest absolute Gasteiger partial charge is 0.471 e. The van der Waals surface area contributed by atoms with Gasteiger partial charge >= 0.3 is 24.1 Å². The van der Waals surface area contributed by atoms with Crippen LogP contribution in [0.3, 0.4) is 0 Å². The molecule has 0 aliphatic carbocycles. The molecule has 0 bridgehead atoms. The van der Waals surface area contributed by atoms with Crippen LogP contribution in [0, 0.1) is 5.41 Å². The van der Waals surface area contributed by atoms with Crippen molar-refractivity contribution in [2.75, 3.05) is 9.21 Å². The third-order valence-electron chi connectivity index (χ3n) is 7.22. The van der Waals surface area contributed by atoms with Gasteiger partial charge in [0.1, 0.15) is 0 Å². The minimum absolute atomic E-state index is 0.0586. The van der Waals surface area contributed by atoms with E-state index in [0.29, 0.717) is 16.9 Å². The molecule has 4 rings (SSSR count). The van der Waals surface area contributed by atoms with Gasteiger partial charge in [-0.15, -0.1) is 0 Å². The third-order valence-corrected chi connectivity index (χ3v) is 10.0. The summed E-state index contributed by atoms with van der Waals surface area (Å²) in [6, 6.07) is 12.4. The molecular formula is C35H44F6N6O5S. The normalized spacial score (nSPS) is 13.3. The van der Waals surface area contributed by atoms with Crippen LogP contribution in [-0.4, -0.2) is 50.4 Å². The maximum absolute atomic E-state index is 13.0. The molecule has 0 unspecified atom stereocenters. The molecule has 0 radical (unpaired) electrons. The number of carbonyl (C=O) groups is 1. The summed E-state index contributed by atoms with van der Waals surface area (Å²) >= 11 is 0. The fourth-order valence-corrected chi connectivity index (χ4v) is 6.39. The molecule has 0 aliphatic heterocycles. The van der Waals surface area contributed by atoms with Crippen LogP contribution in [0.2, 0.25) is 0 Å². The number of carbonyl (C=O) groups excluding carboxylic acids is 1.